The van der Waals surface area contributed by atoms with Gasteiger partial charge in [-0.05, 0) is 55.0 Å². The van der Waals surface area contributed by atoms with Gasteiger partial charge in [0.1, 0.15) is 30.1 Å². The monoisotopic (exact) mass is 352 g/mol. The highest BCUT2D eigenvalue weighted by molar-refractivity contribution is 5.95. The van der Waals surface area contributed by atoms with E-state index in [4.69, 9.17) is 9.15 Å². The van der Waals surface area contributed by atoms with Crippen molar-refractivity contribution in [3.8, 4) is 17.2 Å². The van der Waals surface area contributed by atoms with Crippen molar-refractivity contribution in [3.05, 3.63) is 66.3 Å². The Hall–Kier alpha value is -3.15. The van der Waals surface area contributed by atoms with E-state index >= 15 is 0 Å². The number of carbonyl (C=O) groups is 1. The highest BCUT2D eigenvalue weighted by Gasteiger charge is 2.21. The normalized spacial score (nSPS) is 14.0. The molecule has 1 aliphatic heterocycles. The number of nitrogens with zero attached hydrogens (tertiary/aromatic N) is 2. The van der Waals surface area contributed by atoms with Gasteiger partial charge >= 0.3 is 0 Å². The molecule has 1 saturated heterocycles. The minimum Gasteiger partial charge on any atom is -0.487 e. The van der Waals surface area contributed by atoms with Crippen LogP contribution in [0.4, 0.5) is 10.1 Å². The third-order valence-electron chi connectivity index (χ3n) is 4.25. The van der Waals surface area contributed by atoms with Crippen LogP contribution < -0.4 is 9.64 Å². The first-order valence-corrected chi connectivity index (χ1v) is 8.42. The topological polar surface area (TPSA) is 55.6 Å². The molecule has 2 aromatic carbocycles. The zero-order valence-corrected chi connectivity index (χ0v) is 14.0. The Morgan fingerprint density at radius 3 is 2.58 bits per heavy atom. The van der Waals surface area contributed by atoms with Gasteiger partial charge in [0.15, 0.2) is 0 Å². The molecular formula is C20H17FN2O3. The molecule has 4 rings (SSSR count). The first-order chi connectivity index (χ1) is 12.7. The van der Waals surface area contributed by atoms with Gasteiger partial charge in [0.25, 0.3) is 0 Å². The summed E-state index contributed by atoms with van der Waals surface area (Å²) in [5.74, 6) is 0.968. The lowest BCUT2D eigenvalue weighted by Crippen LogP contribution is -2.23. The summed E-state index contributed by atoms with van der Waals surface area (Å²) < 4.78 is 24.1. The summed E-state index contributed by atoms with van der Waals surface area (Å²) in [7, 11) is 0. The predicted octanol–water partition coefficient (Wildman–Crippen LogP) is 4.19. The molecule has 6 heteroatoms. The lowest BCUT2D eigenvalue weighted by atomic mass is 10.2. The Labute approximate surface area is 150 Å². The minimum absolute atomic E-state index is 0.162. The fourth-order valence-electron chi connectivity index (χ4n) is 2.90. The van der Waals surface area contributed by atoms with Gasteiger partial charge in [-0.25, -0.2) is 9.37 Å². The Morgan fingerprint density at radius 1 is 1.12 bits per heavy atom. The molecule has 0 N–H and O–H groups in total. The molecule has 5 nitrogen and oxygen atoms in total. The van der Waals surface area contributed by atoms with Crippen molar-refractivity contribution < 1.29 is 18.3 Å². The van der Waals surface area contributed by atoms with E-state index in [-0.39, 0.29) is 18.3 Å². The highest BCUT2D eigenvalue weighted by atomic mass is 19.1. The van der Waals surface area contributed by atoms with Crippen LogP contribution >= 0.6 is 0 Å². The summed E-state index contributed by atoms with van der Waals surface area (Å²) in [6.45, 7) is 1.02. The van der Waals surface area contributed by atoms with Crippen molar-refractivity contribution in [1.82, 2.24) is 4.98 Å². The third kappa shape index (κ3) is 3.44. The number of rotatable bonds is 5. The van der Waals surface area contributed by atoms with E-state index in [1.165, 1.54) is 18.4 Å². The molecule has 0 unspecified atom stereocenters. The maximum atomic E-state index is 13.0. The number of aromatic nitrogens is 1. The van der Waals surface area contributed by atoms with Crippen molar-refractivity contribution in [2.75, 3.05) is 11.4 Å². The van der Waals surface area contributed by atoms with Crippen LogP contribution in [-0.2, 0) is 11.4 Å². The number of hydrogen-bond acceptors (Lipinski definition) is 4. The molecule has 26 heavy (non-hydrogen) atoms. The van der Waals surface area contributed by atoms with Crippen molar-refractivity contribution in [3.63, 3.8) is 0 Å². The molecule has 0 bridgehead atoms. The second-order valence-electron chi connectivity index (χ2n) is 6.08. The van der Waals surface area contributed by atoms with Crippen LogP contribution in [0.1, 0.15) is 18.5 Å². The molecule has 1 amide bonds. The van der Waals surface area contributed by atoms with Crippen LogP contribution in [0.15, 0.2) is 59.2 Å². The number of halogens is 1. The van der Waals surface area contributed by atoms with Crippen LogP contribution in [0.3, 0.4) is 0 Å². The van der Waals surface area contributed by atoms with Gasteiger partial charge in [0.2, 0.25) is 11.8 Å². The van der Waals surface area contributed by atoms with Crippen molar-refractivity contribution in [2.45, 2.75) is 19.4 Å². The first-order valence-electron chi connectivity index (χ1n) is 8.42. The number of amides is 1. The van der Waals surface area contributed by atoms with Crippen LogP contribution in [0, 0.1) is 5.82 Å². The molecule has 0 aliphatic carbocycles. The van der Waals surface area contributed by atoms with Crippen molar-refractivity contribution >= 4 is 11.6 Å². The summed E-state index contributed by atoms with van der Waals surface area (Å²) in [6.07, 6.45) is 3.04. The van der Waals surface area contributed by atoms with E-state index < -0.39 is 0 Å². The maximum absolute atomic E-state index is 13.0. The summed E-state index contributed by atoms with van der Waals surface area (Å²) in [6, 6.07) is 13.4. The van der Waals surface area contributed by atoms with Gasteiger partial charge in [-0.1, -0.05) is 0 Å². The fraction of sp³-hybridized carbons (Fsp3) is 0.200. The number of hydrogen-bond donors (Lipinski definition) is 0. The predicted molar refractivity (Wildman–Crippen MR) is 94.3 cm³/mol. The standard InChI is InChI=1S/C20H17FN2O3/c21-15-5-3-14(4-6-15)20-22-16(13-26-20)12-25-18-9-7-17(8-10-18)23-11-1-2-19(23)24/h3-10,13H,1-2,11-12H2. The molecule has 0 radical (unpaired) electrons. The summed E-state index contributed by atoms with van der Waals surface area (Å²) in [5, 5.41) is 0. The van der Waals surface area contributed by atoms with Crippen LogP contribution in [0.25, 0.3) is 11.5 Å². The molecule has 1 aliphatic rings. The average molecular weight is 352 g/mol. The fourth-order valence-corrected chi connectivity index (χ4v) is 2.90. The van der Waals surface area contributed by atoms with E-state index in [9.17, 15) is 9.18 Å². The smallest absolute Gasteiger partial charge is 0.227 e. The second kappa shape index (κ2) is 7.00. The number of oxazole rings is 1. The van der Waals surface area contributed by atoms with E-state index in [1.807, 2.05) is 24.3 Å². The van der Waals surface area contributed by atoms with Gasteiger partial charge in [0, 0.05) is 24.2 Å². The Morgan fingerprint density at radius 2 is 1.88 bits per heavy atom. The summed E-state index contributed by atoms with van der Waals surface area (Å²) in [4.78, 5) is 17.9. The first kappa shape index (κ1) is 16.3. The molecule has 1 fully saturated rings. The Balaban J connectivity index is 1.38. The molecule has 0 saturated carbocycles. The van der Waals surface area contributed by atoms with Gasteiger partial charge in [-0.2, -0.15) is 0 Å². The van der Waals surface area contributed by atoms with Crippen LogP contribution in [-0.4, -0.2) is 17.4 Å². The molecule has 132 valence electrons. The van der Waals surface area contributed by atoms with Crippen molar-refractivity contribution in [1.29, 1.82) is 0 Å². The molecule has 3 aromatic rings. The quantitative estimate of drug-likeness (QED) is 0.691. The number of carbonyl (C=O) groups excluding carboxylic acids is 1. The average Bonchev–Trinajstić information content (AvgIpc) is 3.30. The van der Waals surface area contributed by atoms with E-state index in [0.29, 0.717) is 29.3 Å². The van der Waals surface area contributed by atoms with Crippen LogP contribution in [0.2, 0.25) is 0 Å². The molecule has 2 heterocycles. The SMILES string of the molecule is O=C1CCCN1c1ccc(OCc2coc(-c3ccc(F)cc3)n2)cc1. The van der Waals surface area contributed by atoms with Gasteiger partial charge in [0.05, 0.1) is 0 Å². The van der Waals surface area contributed by atoms with Crippen LogP contribution in [0.5, 0.6) is 5.75 Å². The lowest BCUT2D eigenvalue weighted by Gasteiger charge is -2.15. The number of anilines is 1. The minimum atomic E-state index is -0.303. The molecule has 1 aromatic heterocycles. The van der Waals surface area contributed by atoms with E-state index in [1.54, 1.807) is 17.0 Å². The van der Waals surface area contributed by atoms with Gasteiger partial charge in [-0.3, -0.25) is 4.79 Å². The maximum Gasteiger partial charge on any atom is 0.227 e. The van der Waals surface area contributed by atoms with E-state index in [0.717, 1.165) is 18.7 Å². The zero-order valence-electron chi connectivity index (χ0n) is 14.0. The van der Waals surface area contributed by atoms with E-state index in [2.05, 4.69) is 4.98 Å². The molecule has 0 spiro atoms. The second-order valence-corrected chi connectivity index (χ2v) is 6.08. The Kier molecular flexibility index (Phi) is 4.39. The summed E-state index contributed by atoms with van der Waals surface area (Å²) in [5.41, 5.74) is 2.24. The molecule has 0 atom stereocenters. The van der Waals surface area contributed by atoms with Crippen molar-refractivity contribution in [2.24, 2.45) is 0 Å². The Bertz CT molecular complexity index is 904. The number of benzene rings is 2. The van der Waals surface area contributed by atoms with Gasteiger partial charge in [-0.15, -0.1) is 0 Å². The largest absolute Gasteiger partial charge is 0.487 e. The number of ether oxygens (including phenoxy) is 1. The lowest BCUT2D eigenvalue weighted by molar-refractivity contribution is -0.117. The molecular weight excluding hydrogens is 335 g/mol. The third-order valence-corrected chi connectivity index (χ3v) is 4.25. The summed E-state index contributed by atoms with van der Waals surface area (Å²) >= 11 is 0. The highest BCUT2D eigenvalue weighted by Crippen LogP contribution is 2.25. The van der Waals surface area contributed by atoms with Gasteiger partial charge < -0.3 is 14.1 Å². The zero-order chi connectivity index (χ0) is 17.9.